The molecule has 0 atom stereocenters. The molecule has 0 saturated carbocycles. The number of rotatable bonds is 2. The fourth-order valence-electron chi connectivity index (χ4n) is 2.54. The van der Waals surface area contributed by atoms with E-state index in [2.05, 4.69) is 28.6 Å². The molecule has 2 aromatic rings. The summed E-state index contributed by atoms with van der Waals surface area (Å²) in [5.74, 6) is 0.0924. The number of nitrogens with one attached hydrogen (secondary N) is 2. The maximum Gasteiger partial charge on any atom is 0.232 e. The number of aromatic nitrogens is 1. The van der Waals surface area contributed by atoms with E-state index in [1.807, 2.05) is 19.1 Å². The van der Waals surface area contributed by atoms with Gasteiger partial charge in [0.25, 0.3) is 0 Å². The molecule has 0 spiro atoms. The Kier molecular flexibility index (Phi) is 3.48. The van der Waals surface area contributed by atoms with Gasteiger partial charge in [0.05, 0.1) is 10.2 Å². The molecule has 2 heterocycles. The molecule has 0 aliphatic carbocycles. The number of anilines is 1. The van der Waals surface area contributed by atoms with Crippen LogP contribution in [0.25, 0.3) is 10.2 Å². The molecular weight excluding hydrogens is 270 g/mol. The van der Waals surface area contributed by atoms with Crippen molar-refractivity contribution in [2.24, 2.45) is 5.41 Å². The lowest BCUT2D eigenvalue weighted by atomic mass is 9.80. The van der Waals surface area contributed by atoms with Crippen molar-refractivity contribution in [1.82, 2.24) is 10.3 Å². The zero-order valence-corrected chi connectivity index (χ0v) is 12.6. The smallest absolute Gasteiger partial charge is 0.232 e. The summed E-state index contributed by atoms with van der Waals surface area (Å²) in [7, 11) is 0. The van der Waals surface area contributed by atoms with Crippen LogP contribution in [0.3, 0.4) is 0 Å². The first-order valence-corrected chi connectivity index (χ1v) is 7.78. The van der Waals surface area contributed by atoms with Crippen molar-refractivity contribution >= 4 is 32.6 Å². The first kappa shape index (κ1) is 13.5. The van der Waals surface area contributed by atoms with Gasteiger partial charge in [-0.1, -0.05) is 24.3 Å². The SMILES string of the molecule is Cc1ccc2nc(NC(=O)C3(C)CCNCC3)sc2c1. The van der Waals surface area contributed by atoms with Gasteiger partial charge in [0.15, 0.2) is 5.13 Å². The molecular formula is C15H19N3OS. The molecule has 1 aliphatic heterocycles. The van der Waals surface area contributed by atoms with Gasteiger partial charge in [-0.05, 0) is 50.6 Å². The Labute approximate surface area is 122 Å². The van der Waals surface area contributed by atoms with E-state index in [4.69, 9.17) is 0 Å². The Morgan fingerprint density at radius 2 is 2.15 bits per heavy atom. The minimum absolute atomic E-state index is 0.0924. The van der Waals surface area contributed by atoms with E-state index in [1.54, 1.807) is 11.3 Å². The minimum atomic E-state index is -0.279. The van der Waals surface area contributed by atoms with Crippen molar-refractivity contribution in [3.05, 3.63) is 23.8 Å². The maximum absolute atomic E-state index is 12.5. The second-order valence-electron chi connectivity index (χ2n) is 5.75. The summed E-state index contributed by atoms with van der Waals surface area (Å²) in [4.78, 5) is 17.0. The van der Waals surface area contributed by atoms with E-state index in [0.717, 1.165) is 36.1 Å². The van der Waals surface area contributed by atoms with Gasteiger partial charge in [0.2, 0.25) is 5.91 Å². The molecule has 2 N–H and O–H groups in total. The van der Waals surface area contributed by atoms with Crippen LogP contribution < -0.4 is 10.6 Å². The number of nitrogens with zero attached hydrogens (tertiary/aromatic N) is 1. The van der Waals surface area contributed by atoms with E-state index in [-0.39, 0.29) is 11.3 Å². The zero-order chi connectivity index (χ0) is 14.2. The van der Waals surface area contributed by atoms with Crippen molar-refractivity contribution < 1.29 is 4.79 Å². The average molecular weight is 289 g/mol. The zero-order valence-electron chi connectivity index (χ0n) is 11.8. The number of benzene rings is 1. The lowest BCUT2D eigenvalue weighted by molar-refractivity contribution is -0.126. The van der Waals surface area contributed by atoms with Gasteiger partial charge in [0.1, 0.15) is 0 Å². The largest absolute Gasteiger partial charge is 0.317 e. The normalized spacial score (nSPS) is 18.1. The van der Waals surface area contributed by atoms with Crippen LogP contribution >= 0.6 is 11.3 Å². The molecule has 1 aromatic carbocycles. The highest BCUT2D eigenvalue weighted by Crippen LogP contribution is 2.32. The lowest BCUT2D eigenvalue weighted by Crippen LogP contribution is -2.42. The molecule has 1 fully saturated rings. The molecule has 1 aliphatic rings. The third-order valence-corrected chi connectivity index (χ3v) is 4.95. The summed E-state index contributed by atoms with van der Waals surface area (Å²) in [6, 6.07) is 6.15. The number of fused-ring (bicyclic) bond motifs is 1. The minimum Gasteiger partial charge on any atom is -0.317 e. The molecule has 1 saturated heterocycles. The number of piperidine rings is 1. The second kappa shape index (κ2) is 5.14. The van der Waals surface area contributed by atoms with Crippen LogP contribution in [0, 0.1) is 12.3 Å². The Bertz CT molecular complexity index is 644. The fourth-order valence-corrected chi connectivity index (χ4v) is 3.50. The van der Waals surface area contributed by atoms with E-state index < -0.39 is 0 Å². The second-order valence-corrected chi connectivity index (χ2v) is 6.79. The van der Waals surface area contributed by atoms with Crippen molar-refractivity contribution in [1.29, 1.82) is 0 Å². The lowest BCUT2D eigenvalue weighted by Gasteiger charge is -2.32. The van der Waals surface area contributed by atoms with Crippen molar-refractivity contribution in [3.8, 4) is 0 Å². The topological polar surface area (TPSA) is 54.0 Å². The number of hydrogen-bond donors (Lipinski definition) is 2. The van der Waals surface area contributed by atoms with Crippen LogP contribution in [0.4, 0.5) is 5.13 Å². The van der Waals surface area contributed by atoms with Crippen molar-refractivity contribution in [2.45, 2.75) is 26.7 Å². The van der Waals surface area contributed by atoms with Crippen molar-refractivity contribution in [3.63, 3.8) is 0 Å². The molecule has 4 nitrogen and oxygen atoms in total. The van der Waals surface area contributed by atoms with E-state index in [9.17, 15) is 4.79 Å². The highest BCUT2D eigenvalue weighted by Gasteiger charge is 2.34. The van der Waals surface area contributed by atoms with Crippen LogP contribution in [0.15, 0.2) is 18.2 Å². The monoisotopic (exact) mass is 289 g/mol. The van der Waals surface area contributed by atoms with Gasteiger partial charge in [-0.3, -0.25) is 4.79 Å². The third-order valence-electron chi connectivity index (χ3n) is 4.02. The van der Waals surface area contributed by atoms with Crippen molar-refractivity contribution in [2.75, 3.05) is 18.4 Å². The molecule has 5 heteroatoms. The molecule has 20 heavy (non-hydrogen) atoms. The maximum atomic E-state index is 12.5. The summed E-state index contributed by atoms with van der Waals surface area (Å²) in [6.07, 6.45) is 1.76. The van der Waals surface area contributed by atoms with Gasteiger partial charge in [-0.25, -0.2) is 4.98 Å². The van der Waals surface area contributed by atoms with Crippen LogP contribution in [-0.4, -0.2) is 24.0 Å². The Hall–Kier alpha value is -1.46. The van der Waals surface area contributed by atoms with Crippen LogP contribution in [0.5, 0.6) is 0 Å². The number of hydrogen-bond acceptors (Lipinski definition) is 4. The first-order chi connectivity index (χ1) is 9.57. The predicted octanol–water partition coefficient (Wildman–Crippen LogP) is 2.93. The summed E-state index contributed by atoms with van der Waals surface area (Å²) in [6.45, 7) is 5.92. The van der Waals surface area contributed by atoms with E-state index in [0.29, 0.717) is 5.13 Å². The molecule has 106 valence electrons. The highest BCUT2D eigenvalue weighted by molar-refractivity contribution is 7.22. The Balaban J connectivity index is 1.80. The van der Waals surface area contributed by atoms with Gasteiger partial charge < -0.3 is 10.6 Å². The Morgan fingerprint density at radius 3 is 2.90 bits per heavy atom. The van der Waals surface area contributed by atoms with Gasteiger partial charge in [0, 0.05) is 5.41 Å². The number of amides is 1. The van der Waals surface area contributed by atoms with Crippen LogP contribution in [0.2, 0.25) is 0 Å². The molecule has 0 unspecified atom stereocenters. The van der Waals surface area contributed by atoms with E-state index >= 15 is 0 Å². The number of aryl methyl sites for hydroxylation is 1. The standard InChI is InChI=1S/C15H19N3OS/c1-10-3-4-11-12(9-10)20-14(17-11)18-13(19)15(2)5-7-16-8-6-15/h3-4,9,16H,5-8H2,1-2H3,(H,17,18,19). The number of thiazole rings is 1. The van der Waals surface area contributed by atoms with Crippen LogP contribution in [0.1, 0.15) is 25.3 Å². The number of carbonyl (C=O) groups is 1. The van der Waals surface area contributed by atoms with Crippen LogP contribution in [-0.2, 0) is 4.79 Å². The summed E-state index contributed by atoms with van der Waals surface area (Å²) in [5.41, 5.74) is 1.88. The first-order valence-electron chi connectivity index (χ1n) is 6.96. The molecule has 1 aromatic heterocycles. The highest BCUT2D eigenvalue weighted by atomic mass is 32.1. The molecule has 0 bridgehead atoms. The van der Waals surface area contributed by atoms with Gasteiger partial charge in [-0.15, -0.1) is 0 Å². The fraction of sp³-hybridized carbons (Fsp3) is 0.467. The molecule has 0 radical (unpaired) electrons. The number of carbonyl (C=O) groups excluding carboxylic acids is 1. The van der Waals surface area contributed by atoms with Gasteiger partial charge in [-0.2, -0.15) is 0 Å². The summed E-state index contributed by atoms with van der Waals surface area (Å²) < 4.78 is 1.12. The average Bonchev–Trinajstić information content (AvgIpc) is 2.81. The quantitative estimate of drug-likeness (QED) is 0.893. The summed E-state index contributed by atoms with van der Waals surface area (Å²) >= 11 is 1.54. The third kappa shape index (κ3) is 2.55. The summed E-state index contributed by atoms with van der Waals surface area (Å²) in [5, 5.41) is 7.00. The molecule has 1 amide bonds. The van der Waals surface area contributed by atoms with E-state index in [1.165, 1.54) is 5.56 Å². The van der Waals surface area contributed by atoms with Gasteiger partial charge >= 0.3 is 0 Å². The Morgan fingerprint density at radius 1 is 1.40 bits per heavy atom. The molecule has 3 rings (SSSR count). The predicted molar refractivity (Wildman–Crippen MR) is 83.2 cm³/mol.